The Balaban J connectivity index is 1.73. The highest BCUT2D eigenvalue weighted by Gasteiger charge is 2.59. The van der Waals surface area contributed by atoms with Crippen LogP contribution in [0, 0.1) is 11.8 Å². The van der Waals surface area contributed by atoms with E-state index in [1.54, 1.807) is 17.7 Å². The number of carboxylic acid groups (broad SMARTS) is 1. The van der Waals surface area contributed by atoms with E-state index in [0.717, 1.165) is 4.90 Å². The molecular weight excluding hydrogens is 404 g/mol. The Kier molecular flexibility index (Phi) is 5.37. The topological polar surface area (TPSA) is 150 Å². The molecule has 2 aliphatic heterocycles. The summed E-state index contributed by atoms with van der Waals surface area (Å²) < 4.78 is 31.0. The van der Waals surface area contributed by atoms with E-state index in [4.69, 9.17) is 4.74 Å². The first-order valence-corrected chi connectivity index (χ1v) is 10.3. The summed E-state index contributed by atoms with van der Waals surface area (Å²) in [4.78, 5) is 36.8. The van der Waals surface area contributed by atoms with Crippen molar-refractivity contribution in [3.8, 4) is 0 Å². The summed E-state index contributed by atoms with van der Waals surface area (Å²) in [5, 5.41) is 19.3. The first-order valence-electron chi connectivity index (χ1n) is 8.78. The molecule has 2 amide bonds. The van der Waals surface area contributed by atoms with Gasteiger partial charge in [0.25, 0.3) is 10.0 Å². The fourth-order valence-electron chi connectivity index (χ4n) is 3.78. The van der Waals surface area contributed by atoms with Gasteiger partial charge in [-0.1, -0.05) is 25.1 Å². The summed E-state index contributed by atoms with van der Waals surface area (Å²) in [6.07, 6.45) is -2.23. The van der Waals surface area contributed by atoms with E-state index in [0.29, 0.717) is 0 Å². The zero-order valence-electron chi connectivity index (χ0n) is 15.6. The maximum absolute atomic E-state index is 12.2. The summed E-state index contributed by atoms with van der Waals surface area (Å²) in [6.45, 7) is 2.60. The van der Waals surface area contributed by atoms with Crippen molar-refractivity contribution in [2.75, 3.05) is 6.61 Å². The number of fused-ring (bicyclic) bond motifs is 1. The van der Waals surface area contributed by atoms with Crippen LogP contribution in [0.2, 0.25) is 0 Å². The lowest BCUT2D eigenvalue weighted by atomic mass is 9.78. The van der Waals surface area contributed by atoms with Crippen LogP contribution < -0.4 is 4.72 Å². The van der Waals surface area contributed by atoms with Gasteiger partial charge in [-0.15, -0.1) is 0 Å². The first kappa shape index (κ1) is 20.8. The average molecular weight is 424 g/mol. The molecule has 0 bridgehead atoms. The SMILES string of the molecule is C[C@@H](O)[C@H]1C(=O)N2C(C(=O)O)=C(COC(=O)NS(=O)(=O)c3ccccc3)[C@H](C)[C@H]12. The number of sulfonamides is 1. The van der Waals surface area contributed by atoms with Crippen LogP contribution in [0.4, 0.5) is 4.79 Å². The molecule has 0 unspecified atom stereocenters. The second-order valence-electron chi connectivity index (χ2n) is 6.93. The number of carbonyl (C=O) groups excluding carboxylic acids is 2. The number of hydrogen-bond acceptors (Lipinski definition) is 7. The van der Waals surface area contributed by atoms with Crippen LogP contribution in [-0.2, 0) is 24.3 Å². The summed E-state index contributed by atoms with van der Waals surface area (Å²) in [5.41, 5.74) is -0.130. The second-order valence-corrected chi connectivity index (χ2v) is 8.61. The Morgan fingerprint density at radius 1 is 1.28 bits per heavy atom. The molecule has 11 heteroatoms. The Hall–Kier alpha value is -2.92. The minimum absolute atomic E-state index is 0.133. The van der Waals surface area contributed by atoms with Crippen LogP contribution in [0.3, 0.4) is 0 Å². The third kappa shape index (κ3) is 3.58. The molecule has 2 heterocycles. The molecule has 3 N–H and O–H groups in total. The van der Waals surface area contributed by atoms with Gasteiger partial charge in [-0.2, -0.15) is 0 Å². The number of nitrogens with one attached hydrogen (secondary N) is 1. The molecule has 0 aliphatic carbocycles. The van der Waals surface area contributed by atoms with Crippen molar-refractivity contribution in [2.24, 2.45) is 11.8 Å². The van der Waals surface area contributed by atoms with E-state index < -0.39 is 58.6 Å². The molecule has 0 spiro atoms. The molecule has 29 heavy (non-hydrogen) atoms. The average Bonchev–Trinajstić information content (AvgIpc) is 2.88. The maximum Gasteiger partial charge on any atom is 0.421 e. The zero-order chi connectivity index (χ0) is 21.5. The number of nitrogens with zero attached hydrogens (tertiary/aromatic N) is 1. The number of hydrogen-bond donors (Lipinski definition) is 3. The predicted octanol–water partition coefficient (Wildman–Crippen LogP) is 0.298. The maximum atomic E-state index is 12.2. The van der Waals surface area contributed by atoms with Crippen molar-refractivity contribution in [3.63, 3.8) is 0 Å². The number of aliphatic carboxylic acids is 1. The van der Waals surface area contributed by atoms with Crippen molar-refractivity contribution in [1.29, 1.82) is 0 Å². The van der Waals surface area contributed by atoms with Crippen molar-refractivity contribution < 1.29 is 37.8 Å². The zero-order valence-corrected chi connectivity index (χ0v) is 16.4. The second kappa shape index (κ2) is 7.48. The Bertz CT molecular complexity index is 986. The molecule has 1 saturated heterocycles. The highest BCUT2D eigenvalue weighted by atomic mass is 32.2. The van der Waals surface area contributed by atoms with Gasteiger partial charge >= 0.3 is 12.1 Å². The molecular formula is C18H20N2O8S. The van der Waals surface area contributed by atoms with Crippen LogP contribution in [0.15, 0.2) is 46.5 Å². The van der Waals surface area contributed by atoms with E-state index in [1.165, 1.54) is 31.2 Å². The molecule has 1 aromatic rings. The fraction of sp³-hybridized carbons (Fsp3) is 0.389. The Labute approximate surface area is 166 Å². The van der Waals surface area contributed by atoms with Gasteiger partial charge < -0.3 is 19.8 Å². The molecule has 0 radical (unpaired) electrons. The molecule has 0 aromatic heterocycles. The van der Waals surface area contributed by atoms with E-state index in [1.807, 2.05) is 0 Å². The normalized spacial score (nSPS) is 24.6. The molecule has 1 fully saturated rings. The molecule has 4 atom stereocenters. The highest BCUT2D eigenvalue weighted by molar-refractivity contribution is 7.90. The van der Waals surface area contributed by atoms with Gasteiger partial charge in [0.1, 0.15) is 12.3 Å². The molecule has 3 rings (SSSR count). The van der Waals surface area contributed by atoms with Gasteiger partial charge in [0, 0.05) is 11.5 Å². The van der Waals surface area contributed by atoms with Gasteiger partial charge in [-0.05, 0) is 19.1 Å². The van der Waals surface area contributed by atoms with Gasteiger partial charge in [0.2, 0.25) is 5.91 Å². The van der Waals surface area contributed by atoms with E-state index in [-0.39, 0.29) is 16.2 Å². The number of ether oxygens (including phenoxy) is 1. The number of β-lactam (4-membered cyclic amide) rings is 1. The predicted molar refractivity (Wildman–Crippen MR) is 97.7 cm³/mol. The molecule has 156 valence electrons. The largest absolute Gasteiger partial charge is 0.477 e. The standard InChI is InChI=1S/C18H20N2O8S/c1-9-12(15(17(23)24)20-14(9)13(10(2)21)16(20)22)8-28-18(25)19-29(26,27)11-6-4-3-5-7-11/h3-7,9-10,13-14,21H,8H2,1-2H3,(H,19,25)(H,23,24)/t9-,10+,13+,14+/m0/s1. The number of carboxylic acids is 1. The molecule has 0 saturated carbocycles. The third-order valence-electron chi connectivity index (χ3n) is 5.15. The number of rotatable bonds is 6. The van der Waals surface area contributed by atoms with Crippen molar-refractivity contribution >= 4 is 28.0 Å². The lowest BCUT2D eigenvalue weighted by molar-refractivity contribution is -0.163. The van der Waals surface area contributed by atoms with E-state index >= 15 is 0 Å². The minimum Gasteiger partial charge on any atom is -0.477 e. The molecule has 2 aliphatic rings. The first-order chi connectivity index (χ1) is 13.6. The summed E-state index contributed by atoms with van der Waals surface area (Å²) in [7, 11) is -4.14. The summed E-state index contributed by atoms with van der Waals surface area (Å²) >= 11 is 0. The van der Waals surface area contributed by atoms with Crippen LogP contribution in [-0.4, -0.2) is 60.3 Å². The monoisotopic (exact) mass is 424 g/mol. The van der Waals surface area contributed by atoms with Gasteiger partial charge in [-0.25, -0.2) is 22.7 Å². The lowest BCUT2D eigenvalue weighted by Gasteiger charge is -2.46. The Morgan fingerprint density at radius 3 is 2.45 bits per heavy atom. The van der Waals surface area contributed by atoms with Gasteiger partial charge in [0.05, 0.1) is 23.0 Å². The summed E-state index contributed by atoms with van der Waals surface area (Å²) in [5.74, 6) is -3.12. The summed E-state index contributed by atoms with van der Waals surface area (Å²) in [6, 6.07) is 6.64. The number of aliphatic hydroxyl groups excluding tert-OH is 1. The van der Waals surface area contributed by atoms with Gasteiger partial charge in [-0.3, -0.25) is 4.79 Å². The van der Waals surface area contributed by atoms with E-state index in [2.05, 4.69) is 0 Å². The van der Waals surface area contributed by atoms with E-state index in [9.17, 15) is 33.0 Å². The lowest BCUT2D eigenvalue weighted by Crippen LogP contribution is -2.63. The van der Waals surface area contributed by atoms with Crippen LogP contribution in [0.25, 0.3) is 0 Å². The van der Waals surface area contributed by atoms with Crippen LogP contribution >= 0.6 is 0 Å². The minimum atomic E-state index is -4.14. The van der Waals surface area contributed by atoms with Crippen molar-refractivity contribution in [3.05, 3.63) is 41.6 Å². The van der Waals surface area contributed by atoms with Crippen molar-refractivity contribution in [1.82, 2.24) is 9.62 Å². The quantitative estimate of drug-likeness (QED) is 0.552. The number of aliphatic hydroxyl groups is 1. The molecule has 1 aromatic carbocycles. The highest BCUT2D eigenvalue weighted by Crippen LogP contribution is 2.47. The van der Waals surface area contributed by atoms with Crippen molar-refractivity contribution in [2.45, 2.75) is 30.9 Å². The number of carbonyl (C=O) groups is 3. The van der Waals surface area contributed by atoms with Gasteiger partial charge in [0.15, 0.2) is 0 Å². The number of amides is 2. The number of benzene rings is 1. The fourth-order valence-corrected chi connectivity index (χ4v) is 4.69. The van der Waals surface area contributed by atoms with Crippen LogP contribution in [0.1, 0.15) is 13.8 Å². The molecule has 10 nitrogen and oxygen atoms in total. The van der Waals surface area contributed by atoms with Crippen LogP contribution in [0.5, 0.6) is 0 Å². The third-order valence-corrected chi connectivity index (χ3v) is 6.48. The smallest absolute Gasteiger partial charge is 0.421 e. The Morgan fingerprint density at radius 2 is 1.90 bits per heavy atom.